The third kappa shape index (κ3) is 2.24. The van der Waals surface area contributed by atoms with Crippen LogP contribution in [-0.4, -0.2) is 44.9 Å². The third-order valence-electron chi connectivity index (χ3n) is 4.07. The number of aliphatic hydroxyl groups is 1. The summed E-state index contributed by atoms with van der Waals surface area (Å²) >= 11 is 1.54. The molecule has 0 aromatic carbocycles. The van der Waals surface area contributed by atoms with E-state index in [-0.39, 0.29) is 23.6 Å². The van der Waals surface area contributed by atoms with Crippen LogP contribution in [-0.2, 0) is 9.59 Å². The van der Waals surface area contributed by atoms with Gasteiger partial charge in [0.1, 0.15) is 5.70 Å². The van der Waals surface area contributed by atoms with Gasteiger partial charge in [0.15, 0.2) is 0 Å². The molecular weight excluding hydrogens is 278 g/mol. The fourth-order valence-electron chi connectivity index (χ4n) is 3.04. The van der Waals surface area contributed by atoms with E-state index in [1.54, 1.807) is 6.92 Å². The van der Waals surface area contributed by atoms with Gasteiger partial charge in [-0.3, -0.25) is 4.79 Å². The highest BCUT2D eigenvalue weighted by Crippen LogP contribution is 2.50. The van der Waals surface area contributed by atoms with Gasteiger partial charge in [-0.2, -0.15) is 0 Å². The second-order valence-corrected chi connectivity index (χ2v) is 6.61. The number of carboxylic acids is 1. The van der Waals surface area contributed by atoms with Crippen LogP contribution in [0.25, 0.3) is 0 Å². The molecule has 0 spiro atoms. The zero-order valence-electron chi connectivity index (χ0n) is 12.0. The summed E-state index contributed by atoms with van der Waals surface area (Å²) in [6, 6.07) is -0.197. The van der Waals surface area contributed by atoms with E-state index in [9.17, 15) is 19.8 Å². The smallest absolute Gasteiger partial charge is 0.353 e. The predicted octanol–water partition coefficient (Wildman–Crippen LogP) is 1.67. The fourth-order valence-corrected chi connectivity index (χ4v) is 4.42. The van der Waals surface area contributed by atoms with Gasteiger partial charge in [-0.15, -0.1) is 11.8 Å². The van der Waals surface area contributed by atoms with E-state index in [0.717, 1.165) is 23.5 Å². The lowest BCUT2D eigenvalue weighted by Gasteiger charge is -2.46. The number of amides is 1. The largest absolute Gasteiger partial charge is 0.477 e. The molecule has 20 heavy (non-hydrogen) atoms. The van der Waals surface area contributed by atoms with Crippen LogP contribution >= 0.6 is 11.8 Å². The molecule has 0 saturated carbocycles. The van der Waals surface area contributed by atoms with Crippen molar-refractivity contribution in [3.63, 3.8) is 0 Å². The van der Waals surface area contributed by atoms with Crippen LogP contribution in [0.5, 0.6) is 0 Å². The van der Waals surface area contributed by atoms with Gasteiger partial charge in [-0.25, -0.2) is 4.79 Å². The van der Waals surface area contributed by atoms with Gasteiger partial charge in [0.2, 0.25) is 5.91 Å². The van der Waals surface area contributed by atoms with Crippen molar-refractivity contribution in [2.75, 3.05) is 5.75 Å². The van der Waals surface area contributed by atoms with E-state index in [0.29, 0.717) is 0 Å². The number of unbranched alkanes of at least 4 members (excludes halogenated alkanes) is 1. The number of hydrogen-bond acceptors (Lipinski definition) is 4. The van der Waals surface area contributed by atoms with E-state index in [1.807, 2.05) is 6.92 Å². The molecule has 0 bridgehead atoms. The minimum absolute atomic E-state index is 0.0137. The average Bonchev–Trinajstić information content (AvgIpc) is 2.60. The molecule has 2 aliphatic rings. The first-order chi connectivity index (χ1) is 9.41. The summed E-state index contributed by atoms with van der Waals surface area (Å²) in [4.78, 5) is 25.7. The Balaban J connectivity index is 2.25. The van der Waals surface area contributed by atoms with Crippen molar-refractivity contribution in [3.05, 3.63) is 10.6 Å². The number of thioether (sulfide) groups is 1. The van der Waals surface area contributed by atoms with Crippen molar-refractivity contribution < 1.29 is 19.8 Å². The van der Waals surface area contributed by atoms with Gasteiger partial charge in [-0.1, -0.05) is 20.3 Å². The molecule has 6 heteroatoms. The molecule has 0 unspecified atom stereocenters. The fraction of sp³-hybridized carbons (Fsp3) is 0.714. The highest BCUT2D eigenvalue weighted by atomic mass is 32.2. The topological polar surface area (TPSA) is 77.8 Å². The van der Waals surface area contributed by atoms with Crippen LogP contribution in [0.3, 0.4) is 0 Å². The van der Waals surface area contributed by atoms with Crippen LogP contribution in [0.1, 0.15) is 33.6 Å². The van der Waals surface area contributed by atoms with E-state index in [4.69, 9.17) is 0 Å². The summed E-state index contributed by atoms with van der Waals surface area (Å²) in [6.07, 6.45) is 1.34. The Kier molecular flexibility index (Phi) is 4.44. The molecule has 1 amide bonds. The lowest BCUT2D eigenvalue weighted by atomic mass is 9.79. The van der Waals surface area contributed by atoms with Crippen molar-refractivity contribution in [1.82, 2.24) is 4.90 Å². The summed E-state index contributed by atoms with van der Waals surface area (Å²) in [5, 5.41) is 19.1. The number of carbonyl (C=O) groups is 2. The molecule has 2 rings (SSSR count). The zero-order valence-corrected chi connectivity index (χ0v) is 12.8. The second kappa shape index (κ2) is 5.77. The van der Waals surface area contributed by atoms with Crippen molar-refractivity contribution in [2.24, 2.45) is 11.8 Å². The van der Waals surface area contributed by atoms with Crippen molar-refractivity contribution in [2.45, 2.75) is 45.8 Å². The minimum Gasteiger partial charge on any atom is -0.477 e. The number of hydrogen-bond donors (Lipinski definition) is 2. The summed E-state index contributed by atoms with van der Waals surface area (Å²) in [7, 11) is 0. The maximum atomic E-state index is 12.1. The molecule has 112 valence electrons. The molecule has 2 N–H and O–H groups in total. The first-order valence-corrected chi connectivity index (χ1v) is 8.01. The molecule has 0 radical (unpaired) electrons. The Morgan fingerprint density at radius 2 is 2.15 bits per heavy atom. The first-order valence-electron chi connectivity index (χ1n) is 7.03. The first kappa shape index (κ1) is 15.4. The van der Waals surface area contributed by atoms with E-state index in [1.165, 1.54) is 16.7 Å². The Labute approximate surface area is 123 Å². The number of rotatable bonds is 6. The molecule has 0 aromatic heterocycles. The lowest BCUT2D eigenvalue weighted by molar-refractivity contribution is -0.163. The van der Waals surface area contributed by atoms with Gasteiger partial charge in [0.05, 0.1) is 18.1 Å². The SMILES string of the molecule is CCCCSC1=C(C(=O)O)N2C(=O)[C@H]([C@@H](C)O)[C@H]2[C@H]1C. The summed E-state index contributed by atoms with van der Waals surface area (Å²) in [5.41, 5.74) is 0.130. The monoisotopic (exact) mass is 299 g/mol. The maximum Gasteiger partial charge on any atom is 0.353 e. The molecule has 0 aliphatic carbocycles. The van der Waals surface area contributed by atoms with Gasteiger partial charge in [0.25, 0.3) is 0 Å². The molecule has 0 aromatic rings. The van der Waals surface area contributed by atoms with Gasteiger partial charge >= 0.3 is 5.97 Å². The Morgan fingerprint density at radius 3 is 2.65 bits per heavy atom. The Morgan fingerprint density at radius 1 is 1.50 bits per heavy atom. The van der Waals surface area contributed by atoms with Gasteiger partial charge < -0.3 is 15.1 Å². The summed E-state index contributed by atoms with van der Waals surface area (Å²) in [5.74, 6) is -0.930. The molecule has 2 heterocycles. The standard InChI is InChI=1S/C14H21NO4S/c1-4-5-6-20-12-7(2)10-9(8(3)16)13(17)15(10)11(12)14(18)19/h7-10,16H,4-6H2,1-3H3,(H,18,19)/t7-,8-,9-,10-/m1/s1. The van der Waals surface area contributed by atoms with Crippen LogP contribution in [0.2, 0.25) is 0 Å². The van der Waals surface area contributed by atoms with E-state index in [2.05, 4.69) is 6.92 Å². The van der Waals surface area contributed by atoms with Crippen LogP contribution < -0.4 is 0 Å². The molecular formula is C14H21NO4S. The van der Waals surface area contributed by atoms with E-state index >= 15 is 0 Å². The number of fused-ring (bicyclic) bond motifs is 1. The van der Waals surface area contributed by atoms with Crippen LogP contribution in [0.4, 0.5) is 0 Å². The highest BCUT2D eigenvalue weighted by molar-refractivity contribution is 8.03. The number of aliphatic carboxylic acids is 1. The van der Waals surface area contributed by atoms with Crippen molar-refractivity contribution in [1.29, 1.82) is 0 Å². The minimum atomic E-state index is -1.05. The van der Waals surface area contributed by atoms with Gasteiger partial charge in [0, 0.05) is 10.8 Å². The number of β-lactam (4-membered cyclic amide) rings is 1. The van der Waals surface area contributed by atoms with E-state index < -0.39 is 18.0 Å². The molecule has 1 saturated heterocycles. The van der Waals surface area contributed by atoms with Crippen molar-refractivity contribution in [3.8, 4) is 0 Å². The second-order valence-electron chi connectivity index (χ2n) is 5.47. The number of nitrogens with zero attached hydrogens (tertiary/aromatic N) is 1. The Hall–Kier alpha value is -1.01. The molecule has 5 nitrogen and oxygen atoms in total. The molecule has 2 aliphatic heterocycles. The quantitative estimate of drug-likeness (QED) is 0.576. The number of aliphatic hydroxyl groups excluding tert-OH is 1. The van der Waals surface area contributed by atoms with Gasteiger partial charge in [-0.05, 0) is 19.1 Å². The third-order valence-corrected chi connectivity index (χ3v) is 5.44. The zero-order chi connectivity index (χ0) is 15.0. The van der Waals surface area contributed by atoms with Crippen LogP contribution in [0.15, 0.2) is 10.6 Å². The average molecular weight is 299 g/mol. The number of carboxylic acid groups (broad SMARTS) is 1. The normalized spacial score (nSPS) is 30.3. The molecule has 4 atom stereocenters. The Bertz CT molecular complexity index is 460. The highest BCUT2D eigenvalue weighted by Gasteiger charge is 2.59. The summed E-state index contributed by atoms with van der Waals surface area (Å²) < 4.78 is 0. The lowest BCUT2D eigenvalue weighted by Crippen LogP contribution is -2.63. The van der Waals surface area contributed by atoms with Crippen molar-refractivity contribution >= 4 is 23.6 Å². The summed E-state index contributed by atoms with van der Waals surface area (Å²) in [6.45, 7) is 5.63. The predicted molar refractivity (Wildman–Crippen MR) is 77.0 cm³/mol. The maximum absolute atomic E-state index is 12.1. The number of carbonyl (C=O) groups excluding carboxylic acids is 1. The molecule has 1 fully saturated rings. The van der Waals surface area contributed by atoms with Crippen LogP contribution in [0, 0.1) is 11.8 Å².